The quantitative estimate of drug-likeness (QED) is 0.307. The normalized spacial score (nSPS) is 30.4. The van der Waals surface area contributed by atoms with Crippen LogP contribution in [-0.2, 0) is 28.2 Å². The summed E-state index contributed by atoms with van der Waals surface area (Å²) in [7, 11) is -1.91. The first-order chi connectivity index (χ1) is 12.3. The highest BCUT2D eigenvalue weighted by atomic mass is 32.1. The minimum Gasteiger partial charge on any atom is -0.463 e. The average molecular weight is 419 g/mol. The fourth-order valence-electron chi connectivity index (χ4n) is 2.83. The van der Waals surface area contributed by atoms with Crippen molar-refractivity contribution in [2.24, 2.45) is 0 Å². The predicted octanol–water partition coefficient (Wildman–Crippen LogP) is 3.67. The summed E-state index contributed by atoms with van der Waals surface area (Å²) in [4.78, 5) is 12.1. The second-order valence-electron chi connectivity index (χ2n) is 9.02. The predicted molar refractivity (Wildman–Crippen MR) is 109 cm³/mol. The van der Waals surface area contributed by atoms with Crippen molar-refractivity contribution in [1.29, 1.82) is 0 Å². The molecule has 0 saturated carbocycles. The topological polar surface area (TPSA) is 63.2 Å². The molecule has 0 unspecified atom stereocenters. The van der Waals surface area contributed by atoms with Gasteiger partial charge < -0.3 is 23.4 Å². The van der Waals surface area contributed by atoms with Crippen LogP contribution in [0.4, 0.5) is 0 Å². The SMILES string of the molecule is CCOC(=O)/C=C1\[C@H]2OC(C)(C)O[C@H]2O[C@@H]1[C@H](S)CO[Si](C)(C)C(C)(C)C. The van der Waals surface area contributed by atoms with Gasteiger partial charge in [0.05, 0.1) is 18.0 Å². The van der Waals surface area contributed by atoms with Crippen molar-refractivity contribution in [2.45, 2.75) is 89.2 Å². The van der Waals surface area contributed by atoms with Gasteiger partial charge in [-0.25, -0.2) is 4.79 Å². The summed E-state index contributed by atoms with van der Waals surface area (Å²) >= 11 is 4.72. The van der Waals surface area contributed by atoms with Crippen LogP contribution in [0.2, 0.25) is 18.1 Å². The van der Waals surface area contributed by atoms with E-state index in [0.29, 0.717) is 18.8 Å². The van der Waals surface area contributed by atoms with Crippen molar-refractivity contribution in [3.05, 3.63) is 11.6 Å². The van der Waals surface area contributed by atoms with Gasteiger partial charge in [0.15, 0.2) is 20.4 Å². The summed E-state index contributed by atoms with van der Waals surface area (Å²) in [5.41, 5.74) is 0.697. The van der Waals surface area contributed by atoms with Gasteiger partial charge >= 0.3 is 5.97 Å². The summed E-state index contributed by atoms with van der Waals surface area (Å²) in [6.07, 6.45) is 0.0119. The molecule has 27 heavy (non-hydrogen) atoms. The number of thiol groups is 1. The average Bonchev–Trinajstić information content (AvgIpc) is 2.97. The first kappa shape index (κ1) is 22.9. The molecule has 0 aromatic carbocycles. The highest BCUT2D eigenvalue weighted by Crippen LogP contribution is 2.43. The van der Waals surface area contributed by atoms with Crippen LogP contribution in [-0.4, -0.2) is 57.0 Å². The van der Waals surface area contributed by atoms with Gasteiger partial charge in [-0.05, 0) is 38.9 Å². The number of hydrogen-bond acceptors (Lipinski definition) is 7. The Hall–Kier alpha value is -0.383. The minimum atomic E-state index is -1.91. The van der Waals surface area contributed by atoms with Crippen molar-refractivity contribution >= 4 is 26.9 Å². The fourth-order valence-corrected chi connectivity index (χ4v) is 4.32. The molecule has 0 aromatic rings. The molecule has 4 atom stereocenters. The van der Waals surface area contributed by atoms with Crippen LogP contribution in [0, 0.1) is 0 Å². The van der Waals surface area contributed by atoms with E-state index in [1.165, 1.54) is 6.08 Å². The summed E-state index contributed by atoms with van der Waals surface area (Å²) in [6, 6.07) is 0. The van der Waals surface area contributed by atoms with E-state index in [-0.39, 0.29) is 10.3 Å². The van der Waals surface area contributed by atoms with E-state index < -0.39 is 38.6 Å². The Balaban J connectivity index is 2.15. The Bertz CT molecular complexity index is 583. The van der Waals surface area contributed by atoms with E-state index in [2.05, 4.69) is 33.9 Å². The van der Waals surface area contributed by atoms with Crippen molar-refractivity contribution in [2.75, 3.05) is 13.2 Å². The number of carbonyl (C=O) groups is 1. The Morgan fingerprint density at radius 1 is 1.33 bits per heavy atom. The van der Waals surface area contributed by atoms with E-state index >= 15 is 0 Å². The lowest BCUT2D eigenvalue weighted by molar-refractivity contribution is -0.200. The lowest BCUT2D eigenvalue weighted by Crippen LogP contribution is -2.43. The van der Waals surface area contributed by atoms with E-state index in [1.54, 1.807) is 6.92 Å². The highest BCUT2D eigenvalue weighted by Gasteiger charge is 2.53. The Labute approximate surface area is 169 Å². The molecule has 6 nitrogen and oxygen atoms in total. The summed E-state index contributed by atoms with van der Waals surface area (Å²) in [5, 5.41) is -0.145. The van der Waals surface area contributed by atoms with Crippen LogP contribution in [0.1, 0.15) is 41.5 Å². The van der Waals surface area contributed by atoms with Crippen LogP contribution in [0.5, 0.6) is 0 Å². The summed E-state index contributed by atoms with van der Waals surface area (Å²) in [5.74, 6) is -1.18. The molecular formula is C19H34O6SSi. The molecule has 0 N–H and O–H groups in total. The molecule has 8 heteroatoms. The molecule has 2 rings (SSSR count). The molecule has 2 saturated heterocycles. The lowest BCUT2D eigenvalue weighted by Gasteiger charge is -2.37. The highest BCUT2D eigenvalue weighted by molar-refractivity contribution is 7.81. The number of carbonyl (C=O) groups excluding carboxylic acids is 1. The second-order valence-corrected chi connectivity index (χ2v) is 14.5. The zero-order valence-electron chi connectivity index (χ0n) is 17.7. The summed E-state index contributed by atoms with van der Waals surface area (Å²) in [6.45, 7) is 17.1. The molecule has 2 aliphatic rings. The lowest BCUT2D eigenvalue weighted by atomic mass is 10.0. The Morgan fingerprint density at radius 2 is 1.96 bits per heavy atom. The van der Waals surface area contributed by atoms with Crippen molar-refractivity contribution in [3.8, 4) is 0 Å². The first-order valence-corrected chi connectivity index (χ1v) is 12.9. The van der Waals surface area contributed by atoms with Gasteiger partial charge in [-0.3, -0.25) is 0 Å². The second kappa shape index (κ2) is 8.16. The third-order valence-corrected chi connectivity index (χ3v) is 10.3. The third-order valence-electron chi connectivity index (χ3n) is 5.34. The van der Waals surface area contributed by atoms with Crippen LogP contribution < -0.4 is 0 Å². The fraction of sp³-hybridized carbons (Fsp3) is 0.842. The van der Waals surface area contributed by atoms with Gasteiger partial charge in [0.1, 0.15) is 6.10 Å². The van der Waals surface area contributed by atoms with Crippen LogP contribution in [0.3, 0.4) is 0 Å². The molecule has 156 valence electrons. The maximum absolute atomic E-state index is 12.1. The number of fused-ring (bicyclic) bond motifs is 1. The molecule has 0 aromatic heterocycles. The molecule has 0 radical (unpaired) electrons. The largest absolute Gasteiger partial charge is 0.463 e. The van der Waals surface area contributed by atoms with Crippen LogP contribution in [0.25, 0.3) is 0 Å². The maximum atomic E-state index is 12.1. The van der Waals surface area contributed by atoms with Gasteiger partial charge in [0.2, 0.25) is 0 Å². The standard InChI is InChI=1S/C19H34O6SSi/c1-9-21-14(20)10-12-15(23-17-16(12)24-19(5,6)25-17)13(26)11-22-27(7,8)18(2,3)4/h10,13,15-17,26H,9,11H2,1-8H3/b12-10-/t13-,15+,16-,17-/m1/s1. The van der Waals surface area contributed by atoms with Crippen molar-refractivity contribution in [3.63, 3.8) is 0 Å². The van der Waals surface area contributed by atoms with E-state index in [0.717, 1.165) is 0 Å². The van der Waals surface area contributed by atoms with Crippen molar-refractivity contribution in [1.82, 2.24) is 0 Å². The van der Waals surface area contributed by atoms with Crippen LogP contribution >= 0.6 is 12.6 Å². The number of rotatable bonds is 6. The van der Waals surface area contributed by atoms with Crippen LogP contribution in [0.15, 0.2) is 11.6 Å². The smallest absolute Gasteiger partial charge is 0.330 e. The number of hydrogen-bond donors (Lipinski definition) is 1. The Kier molecular flexibility index (Phi) is 6.92. The molecular weight excluding hydrogens is 384 g/mol. The van der Waals surface area contributed by atoms with Gasteiger partial charge in [0, 0.05) is 18.3 Å². The monoisotopic (exact) mass is 418 g/mol. The van der Waals surface area contributed by atoms with Gasteiger partial charge in [0.25, 0.3) is 0 Å². The maximum Gasteiger partial charge on any atom is 0.330 e. The zero-order chi connectivity index (χ0) is 20.6. The van der Waals surface area contributed by atoms with E-state index in [9.17, 15) is 4.79 Å². The molecule has 0 bridgehead atoms. The third kappa shape index (κ3) is 5.36. The van der Waals surface area contributed by atoms with Gasteiger partial charge in [-0.1, -0.05) is 20.8 Å². The number of esters is 1. The molecule has 0 amide bonds. The summed E-state index contributed by atoms with van der Waals surface area (Å²) < 4.78 is 29.2. The molecule has 2 heterocycles. The number of ether oxygens (including phenoxy) is 4. The Morgan fingerprint density at radius 3 is 2.52 bits per heavy atom. The first-order valence-electron chi connectivity index (χ1n) is 9.49. The minimum absolute atomic E-state index is 0.105. The van der Waals surface area contributed by atoms with E-state index in [1.807, 2.05) is 13.8 Å². The van der Waals surface area contributed by atoms with Gasteiger partial charge in [-0.2, -0.15) is 12.6 Å². The van der Waals surface area contributed by atoms with Gasteiger partial charge in [-0.15, -0.1) is 0 Å². The molecule has 0 spiro atoms. The van der Waals surface area contributed by atoms with E-state index in [4.69, 9.17) is 36.0 Å². The molecule has 0 aliphatic carbocycles. The van der Waals surface area contributed by atoms with Crippen molar-refractivity contribution < 1.29 is 28.2 Å². The molecule has 2 aliphatic heterocycles. The zero-order valence-corrected chi connectivity index (χ0v) is 19.6. The molecule has 2 fully saturated rings.